The summed E-state index contributed by atoms with van der Waals surface area (Å²) in [5, 5.41) is 0. The number of carbonyl (C=O) groups excluding carboxylic acids is 2. The molecule has 7 nitrogen and oxygen atoms in total. The van der Waals surface area contributed by atoms with Crippen LogP contribution in [0.4, 0.5) is 0 Å². The van der Waals surface area contributed by atoms with E-state index >= 15 is 0 Å². The smallest absolute Gasteiger partial charge is 0.399 e. The van der Waals surface area contributed by atoms with Crippen molar-refractivity contribution in [3.05, 3.63) is 58.9 Å². The van der Waals surface area contributed by atoms with Crippen molar-refractivity contribution in [2.24, 2.45) is 0 Å². The fraction of sp³-hybridized carbons (Fsp3) is 0.519. The van der Waals surface area contributed by atoms with E-state index in [9.17, 15) is 9.59 Å². The number of fused-ring (bicyclic) bond motifs is 2. The molecular weight excluding hydrogens is 441 g/mol. The molecule has 2 amide bonds. The lowest BCUT2D eigenvalue weighted by molar-refractivity contribution is 0.00578. The molecule has 1 saturated carbocycles. The molecule has 3 heterocycles. The van der Waals surface area contributed by atoms with Crippen LogP contribution in [-0.2, 0) is 21.3 Å². The number of amides is 2. The number of carbonyl (C=O) groups is 2. The Morgan fingerprint density at radius 1 is 1.09 bits per heavy atom. The van der Waals surface area contributed by atoms with Gasteiger partial charge in [-0.05, 0) is 69.8 Å². The lowest BCUT2D eigenvalue weighted by Crippen LogP contribution is -2.53. The van der Waals surface area contributed by atoms with Gasteiger partial charge in [-0.15, -0.1) is 0 Å². The SMILES string of the molecule is CN(C)C(=O)c1cccc(CN2CC3(CCC3)c3cc(B4OC(C)(C)C(C)(C)O4)ccc3C2=O)n1. The Morgan fingerprint density at radius 3 is 2.37 bits per heavy atom. The Kier molecular flexibility index (Phi) is 5.60. The second-order valence-electron chi connectivity index (χ2n) is 11.4. The van der Waals surface area contributed by atoms with Crippen LogP contribution in [0.3, 0.4) is 0 Å². The largest absolute Gasteiger partial charge is 0.494 e. The Morgan fingerprint density at radius 2 is 1.77 bits per heavy atom. The van der Waals surface area contributed by atoms with Crippen LogP contribution in [0.1, 0.15) is 79.1 Å². The van der Waals surface area contributed by atoms with Crippen molar-refractivity contribution in [3.63, 3.8) is 0 Å². The highest BCUT2D eigenvalue weighted by Crippen LogP contribution is 2.48. The van der Waals surface area contributed by atoms with Crippen LogP contribution in [0, 0.1) is 0 Å². The maximum absolute atomic E-state index is 13.6. The molecule has 3 aliphatic rings. The monoisotopic (exact) mass is 475 g/mol. The molecule has 0 radical (unpaired) electrons. The molecule has 2 fully saturated rings. The average Bonchev–Trinajstić information content (AvgIpc) is 3.00. The van der Waals surface area contributed by atoms with Gasteiger partial charge in [0.25, 0.3) is 11.8 Å². The average molecular weight is 475 g/mol. The van der Waals surface area contributed by atoms with Crippen molar-refractivity contribution in [1.82, 2.24) is 14.8 Å². The van der Waals surface area contributed by atoms with Crippen LogP contribution in [0.5, 0.6) is 0 Å². The molecule has 1 spiro atoms. The number of nitrogens with zero attached hydrogens (tertiary/aromatic N) is 3. The molecule has 1 aromatic carbocycles. The van der Waals surface area contributed by atoms with Gasteiger partial charge in [-0.3, -0.25) is 9.59 Å². The molecule has 1 aliphatic carbocycles. The summed E-state index contributed by atoms with van der Waals surface area (Å²) in [5.41, 5.74) is 3.05. The second-order valence-corrected chi connectivity index (χ2v) is 11.4. The van der Waals surface area contributed by atoms with Gasteiger partial charge < -0.3 is 19.1 Å². The van der Waals surface area contributed by atoms with Gasteiger partial charge in [0, 0.05) is 31.6 Å². The minimum atomic E-state index is -0.447. The number of hydrogen-bond acceptors (Lipinski definition) is 5. The van der Waals surface area contributed by atoms with Crippen molar-refractivity contribution in [2.75, 3.05) is 20.6 Å². The van der Waals surface area contributed by atoms with Crippen LogP contribution in [-0.4, -0.2) is 65.6 Å². The van der Waals surface area contributed by atoms with Gasteiger partial charge in [-0.2, -0.15) is 0 Å². The molecule has 1 aromatic heterocycles. The number of rotatable bonds is 4. The molecule has 0 unspecified atom stereocenters. The van der Waals surface area contributed by atoms with Gasteiger partial charge in [0.15, 0.2) is 0 Å². The Labute approximate surface area is 207 Å². The Hall–Kier alpha value is -2.71. The number of hydrogen-bond donors (Lipinski definition) is 0. The summed E-state index contributed by atoms with van der Waals surface area (Å²) in [4.78, 5) is 33.9. The van der Waals surface area contributed by atoms with E-state index in [2.05, 4.69) is 38.7 Å². The summed E-state index contributed by atoms with van der Waals surface area (Å²) >= 11 is 0. The molecule has 0 bridgehead atoms. The highest BCUT2D eigenvalue weighted by atomic mass is 16.7. The van der Waals surface area contributed by atoms with Crippen molar-refractivity contribution >= 4 is 24.4 Å². The third-order valence-electron chi connectivity index (χ3n) is 8.25. The zero-order valence-electron chi connectivity index (χ0n) is 21.6. The van der Waals surface area contributed by atoms with E-state index in [1.807, 2.05) is 29.2 Å². The van der Waals surface area contributed by atoms with E-state index in [4.69, 9.17) is 9.31 Å². The number of benzene rings is 1. The Balaban J connectivity index is 1.43. The van der Waals surface area contributed by atoms with Crippen LogP contribution >= 0.6 is 0 Å². The standard InChI is InChI=1S/C27H34BN3O4/c1-25(2)26(3,4)35-28(34-25)18-11-12-20-21(15-18)27(13-8-14-27)17-31(23(20)32)16-19-9-7-10-22(29-19)24(33)30(5)6/h7,9-12,15H,8,13-14,16-17H2,1-6H3. The maximum Gasteiger partial charge on any atom is 0.494 e. The van der Waals surface area contributed by atoms with E-state index in [-0.39, 0.29) is 17.2 Å². The zero-order valence-corrected chi connectivity index (χ0v) is 21.6. The summed E-state index contributed by atoms with van der Waals surface area (Å²) in [6, 6.07) is 11.5. The normalized spacial score (nSPS) is 21.6. The van der Waals surface area contributed by atoms with E-state index in [0.29, 0.717) is 18.8 Å². The van der Waals surface area contributed by atoms with Gasteiger partial charge in [0.2, 0.25) is 0 Å². The molecule has 2 aromatic rings. The first-order chi connectivity index (χ1) is 16.4. The van der Waals surface area contributed by atoms with Gasteiger partial charge >= 0.3 is 7.12 Å². The molecule has 184 valence electrons. The molecule has 2 aliphatic heterocycles. The summed E-state index contributed by atoms with van der Waals surface area (Å²) < 4.78 is 12.6. The third-order valence-corrected chi connectivity index (χ3v) is 8.25. The fourth-order valence-corrected chi connectivity index (χ4v) is 5.28. The third kappa shape index (κ3) is 3.97. The van der Waals surface area contributed by atoms with Crippen LogP contribution < -0.4 is 5.46 Å². The zero-order chi connectivity index (χ0) is 25.2. The van der Waals surface area contributed by atoms with Crippen LogP contribution in [0.25, 0.3) is 0 Å². The molecule has 0 atom stereocenters. The quantitative estimate of drug-likeness (QED) is 0.636. The van der Waals surface area contributed by atoms with Crippen LogP contribution in [0.15, 0.2) is 36.4 Å². The molecule has 1 saturated heterocycles. The predicted molar refractivity (Wildman–Crippen MR) is 135 cm³/mol. The van der Waals surface area contributed by atoms with Gasteiger partial charge in [-0.25, -0.2) is 4.98 Å². The summed E-state index contributed by atoms with van der Waals surface area (Å²) in [5.74, 6) is -0.142. The van der Waals surface area contributed by atoms with E-state index in [1.54, 1.807) is 20.2 Å². The van der Waals surface area contributed by atoms with Crippen molar-refractivity contribution in [1.29, 1.82) is 0 Å². The summed E-state index contributed by atoms with van der Waals surface area (Å²) in [7, 11) is 2.97. The minimum Gasteiger partial charge on any atom is -0.399 e. The lowest BCUT2D eigenvalue weighted by atomic mass is 9.60. The van der Waals surface area contributed by atoms with E-state index < -0.39 is 18.3 Å². The first kappa shape index (κ1) is 24.0. The molecule has 5 rings (SSSR count). The van der Waals surface area contributed by atoms with Gasteiger partial charge in [0.05, 0.1) is 23.4 Å². The Bertz CT molecular complexity index is 1170. The van der Waals surface area contributed by atoms with E-state index in [1.165, 1.54) is 4.90 Å². The fourth-order valence-electron chi connectivity index (χ4n) is 5.28. The van der Waals surface area contributed by atoms with Crippen molar-refractivity contribution < 1.29 is 18.9 Å². The van der Waals surface area contributed by atoms with Gasteiger partial charge in [-0.1, -0.05) is 24.6 Å². The first-order valence-corrected chi connectivity index (χ1v) is 12.4. The van der Waals surface area contributed by atoms with E-state index in [0.717, 1.165) is 41.5 Å². The maximum atomic E-state index is 13.6. The highest BCUT2D eigenvalue weighted by molar-refractivity contribution is 6.62. The molecular formula is C27H34BN3O4. The number of pyridine rings is 1. The van der Waals surface area contributed by atoms with Gasteiger partial charge in [0.1, 0.15) is 5.69 Å². The van der Waals surface area contributed by atoms with Crippen molar-refractivity contribution in [3.8, 4) is 0 Å². The lowest BCUT2D eigenvalue weighted by Gasteiger charge is -2.49. The van der Waals surface area contributed by atoms with Crippen molar-refractivity contribution in [2.45, 2.75) is 70.1 Å². The minimum absolute atomic E-state index is 0.00383. The molecule has 35 heavy (non-hydrogen) atoms. The number of aromatic nitrogens is 1. The first-order valence-electron chi connectivity index (χ1n) is 12.4. The predicted octanol–water partition coefficient (Wildman–Crippen LogP) is 3.16. The summed E-state index contributed by atoms with van der Waals surface area (Å²) in [6.07, 6.45) is 3.24. The molecule has 8 heteroatoms. The summed E-state index contributed by atoms with van der Waals surface area (Å²) in [6.45, 7) is 9.24. The highest BCUT2D eigenvalue weighted by Gasteiger charge is 2.53. The second kappa shape index (κ2) is 8.17. The topological polar surface area (TPSA) is 72.0 Å². The molecule has 0 N–H and O–H groups in total. The van der Waals surface area contributed by atoms with Crippen LogP contribution in [0.2, 0.25) is 0 Å².